The Hall–Kier alpha value is -0.570. The molecule has 15 heavy (non-hydrogen) atoms. The van der Waals surface area contributed by atoms with Gasteiger partial charge in [0.05, 0.1) is 0 Å². The number of hydrogen-bond acceptors (Lipinski definition) is 3. The number of sulfonamides is 1. The molecule has 0 spiro atoms. The van der Waals surface area contributed by atoms with Crippen molar-refractivity contribution in [3.63, 3.8) is 0 Å². The maximum Gasteiger partial charge on any atom is 0.229 e. The zero-order valence-corrected chi connectivity index (χ0v) is 10.1. The zero-order chi connectivity index (χ0) is 11.7. The van der Waals surface area contributed by atoms with Crippen LogP contribution in [0.1, 0.15) is 33.6 Å². The number of aliphatic hydroxyl groups excluding tert-OH is 1. The molecule has 0 radical (unpaired) electrons. The van der Waals surface area contributed by atoms with Crippen LogP contribution in [-0.2, 0) is 10.0 Å². The van der Waals surface area contributed by atoms with E-state index >= 15 is 0 Å². The minimum atomic E-state index is -3.41. The molecule has 0 amide bonds. The van der Waals surface area contributed by atoms with Crippen molar-refractivity contribution in [2.24, 2.45) is 0 Å². The summed E-state index contributed by atoms with van der Waals surface area (Å²) in [5.74, 6) is 5.06. The number of rotatable bonds is 2. The summed E-state index contributed by atoms with van der Waals surface area (Å²) >= 11 is 0. The highest BCUT2D eigenvalue weighted by Crippen LogP contribution is 2.42. The van der Waals surface area contributed by atoms with Gasteiger partial charge in [-0.2, -0.15) is 0 Å². The van der Waals surface area contributed by atoms with Gasteiger partial charge in [0.25, 0.3) is 0 Å². The van der Waals surface area contributed by atoms with Crippen molar-refractivity contribution in [3.8, 4) is 11.8 Å². The molecule has 0 aliphatic heterocycles. The van der Waals surface area contributed by atoms with E-state index in [9.17, 15) is 8.42 Å². The normalized spacial score (nSPS) is 19.2. The van der Waals surface area contributed by atoms with Crippen LogP contribution in [0.3, 0.4) is 0 Å². The van der Waals surface area contributed by atoms with Gasteiger partial charge in [0.15, 0.2) is 0 Å². The summed E-state index contributed by atoms with van der Waals surface area (Å²) < 4.78 is 25.5. The molecule has 0 heterocycles. The standard InChI is InChI=1S/C10H17NO3S/c1-9(2,3)11-15(13,14)10(6-7-10)5-4-8-12/h11-12H,6-8H2,1-3H3. The van der Waals surface area contributed by atoms with Crippen LogP contribution >= 0.6 is 0 Å². The predicted molar refractivity (Wildman–Crippen MR) is 58.6 cm³/mol. The molecule has 1 fully saturated rings. The lowest BCUT2D eigenvalue weighted by molar-refractivity contribution is 0.350. The first-order valence-electron chi connectivity index (χ1n) is 4.87. The van der Waals surface area contributed by atoms with E-state index in [1.54, 1.807) is 20.8 Å². The Morgan fingerprint density at radius 2 is 1.93 bits per heavy atom. The van der Waals surface area contributed by atoms with Crippen LogP contribution < -0.4 is 4.72 Å². The van der Waals surface area contributed by atoms with Gasteiger partial charge in [0, 0.05) is 5.54 Å². The quantitative estimate of drug-likeness (QED) is 0.669. The Morgan fingerprint density at radius 3 is 2.27 bits per heavy atom. The molecule has 86 valence electrons. The summed E-state index contributed by atoms with van der Waals surface area (Å²) in [6.45, 7) is 5.08. The topological polar surface area (TPSA) is 66.4 Å². The second kappa shape index (κ2) is 3.78. The number of hydrogen-bond donors (Lipinski definition) is 2. The second-order valence-corrected chi connectivity index (χ2v) is 6.80. The molecule has 1 saturated carbocycles. The van der Waals surface area contributed by atoms with Gasteiger partial charge in [0.1, 0.15) is 11.4 Å². The van der Waals surface area contributed by atoms with Crippen molar-refractivity contribution >= 4 is 10.0 Å². The van der Waals surface area contributed by atoms with E-state index in [-0.39, 0.29) is 6.61 Å². The molecular weight excluding hydrogens is 214 g/mol. The predicted octanol–water partition coefficient (Wildman–Crippen LogP) is 0.233. The van der Waals surface area contributed by atoms with Gasteiger partial charge in [0.2, 0.25) is 10.0 Å². The fourth-order valence-corrected chi connectivity index (χ4v) is 3.12. The van der Waals surface area contributed by atoms with Crippen molar-refractivity contribution in [1.82, 2.24) is 4.72 Å². The number of aliphatic hydroxyl groups is 1. The van der Waals surface area contributed by atoms with E-state index in [4.69, 9.17) is 5.11 Å². The third-order valence-electron chi connectivity index (χ3n) is 2.05. The zero-order valence-electron chi connectivity index (χ0n) is 9.29. The molecule has 1 rings (SSSR count). The van der Waals surface area contributed by atoms with Crippen LogP contribution in [0.5, 0.6) is 0 Å². The van der Waals surface area contributed by atoms with E-state index < -0.39 is 20.3 Å². The fourth-order valence-electron chi connectivity index (χ4n) is 1.28. The average Bonchev–Trinajstić information content (AvgIpc) is 2.76. The molecule has 5 heteroatoms. The highest BCUT2D eigenvalue weighted by atomic mass is 32.2. The lowest BCUT2D eigenvalue weighted by Gasteiger charge is -2.22. The van der Waals surface area contributed by atoms with Gasteiger partial charge in [-0.1, -0.05) is 11.8 Å². The molecule has 0 aromatic carbocycles. The van der Waals surface area contributed by atoms with Crippen LogP contribution in [0.4, 0.5) is 0 Å². The third-order valence-corrected chi connectivity index (χ3v) is 4.47. The van der Waals surface area contributed by atoms with Crippen LogP contribution in [-0.4, -0.2) is 30.4 Å². The summed E-state index contributed by atoms with van der Waals surface area (Å²) in [6, 6.07) is 0. The first-order chi connectivity index (χ1) is 6.72. The molecule has 4 nitrogen and oxygen atoms in total. The molecule has 0 saturated heterocycles. The molecular formula is C10H17NO3S. The van der Waals surface area contributed by atoms with Crippen molar-refractivity contribution in [1.29, 1.82) is 0 Å². The summed E-state index contributed by atoms with van der Waals surface area (Å²) in [6.07, 6.45) is 1.09. The minimum Gasteiger partial charge on any atom is -0.384 e. The van der Waals surface area contributed by atoms with Gasteiger partial charge in [-0.25, -0.2) is 13.1 Å². The van der Waals surface area contributed by atoms with Crippen molar-refractivity contribution in [3.05, 3.63) is 0 Å². The Kier molecular flexibility index (Phi) is 3.15. The Bertz CT molecular complexity index is 391. The smallest absolute Gasteiger partial charge is 0.229 e. The molecule has 0 aromatic heterocycles. The molecule has 1 aliphatic rings. The minimum absolute atomic E-state index is 0.299. The van der Waals surface area contributed by atoms with E-state index in [0.717, 1.165) is 0 Å². The lowest BCUT2D eigenvalue weighted by Crippen LogP contribution is -2.46. The van der Waals surface area contributed by atoms with E-state index in [1.807, 2.05) is 0 Å². The largest absolute Gasteiger partial charge is 0.384 e. The summed E-state index contributed by atoms with van der Waals surface area (Å²) in [5, 5.41) is 8.57. The van der Waals surface area contributed by atoms with Crippen molar-refractivity contribution in [2.45, 2.75) is 43.9 Å². The average molecular weight is 231 g/mol. The first kappa shape index (κ1) is 12.5. The van der Waals surface area contributed by atoms with E-state index in [2.05, 4.69) is 16.6 Å². The van der Waals surface area contributed by atoms with Crippen molar-refractivity contribution in [2.75, 3.05) is 6.61 Å². The summed E-state index contributed by atoms with van der Waals surface area (Å²) in [4.78, 5) is 0. The van der Waals surface area contributed by atoms with E-state index in [1.165, 1.54) is 0 Å². The van der Waals surface area contributed by atoms with Crippen LogP contribution in [0.2, 0.25) is 0 Å². The van der Waals surface area contributed by atoms with Crippen LogP contribution in [0.25, 0.3) is 0 Å². The molecule has 1 aliphatic carbocycles. The second-order valence-electron chi connectivity index (χ2n) is 4.81. The maximum absolute atomic E-state index is 11.9. The van der Waals surface area contributed by atoms with Gasteiger partial charge >= 0.3 is 0 Å². The molecule has 2 N–H and O–H groups in total. The molecule has 0 atom stereocenters. The van der Waals surface area contributed by atoms with Gasteiger partial charge in [-0.15, -0.1) is 0 Å². The van der Waals surface area contributed by atoms with Crippen LogP contribution in [0.15, 0.2) is 0 Å². The Morgan fingerprint density at radius 1 is 1.40 bits per heavy atom. The fraction of sp³-hybridized carbons (Fsp3) is 0.800. The SMILES string of the molecule is CC(C)(C)NS(=O)(=O)C1(C#CCO)CC1. The molecule has 0 aromatic rings. The van der Waals surface area contributed by atoms with E-state index in [0.29, 0.717) is 12.8 Å². The van der Waals surface area contributed by atoms with Crippen LogP contribution in [0, 0.1) is 11.8 Å². The van der Waals surface area contributed by atoms with Gasteiger partial charge < -0.3 is 5.11 Å². The Balaban J connectivity index is 2.88. The summed E-state index contributed by atoms with van der Waals surface area (Å²) in [5.41, 5.74) is -0.491. The Labute approximate surface area is 91.1 Å². The lowest BCUT2D eigenvalue weighted by atomic mass is 10.1. The summed E-state index contributed by atoms with van der Waals surface area (Å²) in [7, 11) is -3.41. The highest BCUT2D eigenvalue weighted by molar-refractivity contribution is 7.91. The first-order valence-corrected chi connectivity index (χ1v) is 6.35. The molecule has 0 bridgehead atoms. The monoisotopic (exact) mass is 231 g/mol. The van der Waals surface area contributed by atoms with Crippen molar-refractivity contribution < 1.29 is 13.5 Å². The third kappa shape index (κ3) is 2.94. The molecule has 0 unspecified atom stereocenters. The number of nitrogens with one attached hydrogen (secondary N) is 1. The maximum atomic E-state index is 11.9. The highest BCUT2D eigenvalue weighted by Gasteiger charge is 2.54. The van der Waals surface area contributed by atoms with Gasteiger partial charge in [-0.05, 0) is 33.6 Å². The van der Waals surface area contributed by atoms with Gasteiger partial charge in [-0.3, -0.25) is 0 Å².